The molecule has 4 heteroatoms. The lowest BCUT2D eigenvalue weighted by Gasteiger charge is -2.34. The Bertz CT molecular complexity index is 552. The molecule has 3 rings (SSSR count). The summed E-state index contributed by atoms with van der Waals surface area (Å²) >= 11 is 0. The summed E-state index contributed by atoms with van der Waals surface area (Å²) < 4.78 is 5.41. The van der Waals surface area contributed by atoms with E-state index in [9.17, 15) is 0 Å². The van der Waals surface area contributed by atoms with E-state index >= 15 is 0 Å². The number of benzene rings is 1. The molecule has 0 bridgehead atoms. The molecule has 2 aromatic rings. The van der Waals surface area contributed by atoms with E-state index in [2.05, 4.69) is 34.1 Å². The highest BCUT2D eigenvalue weighted by molar-refractivity contribution is 5.79. The molecule has 4 nitrogen and oxygen atoms in total. The van der Waals surface area contributed by atoms with Crippen molar-refractivity contribution in [2.24, 2.45) is 5.73 Å². The van der Waals surface area contributed by atoms with Crippen molar-refractivity contribution in [1.82, 2.24) is 9.88 Å². The summed E-state index contributed by atoms with van der Waals surface area (Å²) in [5.74, 6) is 0. The molecule has 1 aromatic carbocycles. The molecule has 1 aliphatic rings. The molecule has 1 fully saturated rings. The van der Waals surface area contributed by atoms with Gasteiger partial charge >= 0.3 is 0 Å². The van der Waals surface area contributed by atoms with Gasteiger partial charge in [0.2, 0.25) is 0 Å². The van der Waals surface area contributed by atoms with Crippen LogP contribution in [0.25, 0.3) is 10.9 Å². The van der Waals surface area contributed by atoms with E-state index in [1.807, 2.05) is 12.3 Å². The van der Waals surface area contributed by atoms with Crippen LogP contribution in [0.3, 0.4) is 0 Å². The van der Waals surface area contributed by atoms with Crippen molar-refractivity contribution in [3.8, 4) is 0 Å². The highest BCUT2D eigenvalue weighted by Gasteiger charge is 2.21. The van der Waals surface area contributed by atoms with E-state index in [1.54, 1.807) is 0 Å². The summed E-state index contributed by atoms with van der Waals surface area (Å²) in [5, 5.41) is 1.17. The summed E-state index contributed by atoms with van der Waals surface area (Å²) in [6.45, 7) is 4.13. The fraction of sp³-hybridized carbons (Fsp3) is 0.400. The molecule has 0 aliphatic carbocycles. The number of nitrogens with zero attached hydrogens (tertiary/aromatic N) is 2. The van der Waals surface area contributed by atoms with Gasteiger partial charge in [0.05, 0.1) is 18.7 Å². The molecule has 1 atom stereocenters. The van der Waals surface area contributed by atoms with Crippen molar-refractivity contribution in [3.05, 3.63) is 42.1 Å². The molecule has 1 aliphatic heterocycles. The minimum atomic E-state index is 0.272. The first kappa shape index (κ1) is 12.5. The number of morpholine rings is 1. The molecular formula is C15H19N3O. The Kier molecular flexibility index (Phi) is 3.73. The lowest BCUT2D eigenvalue weighted by molar-refractivity contribution is 0.0179. The number of aromatic nitrogens is 1. The van der Waals surface area contributed by atoms with Crippen LogP contribution in [0.2, 0.25) is 0 Å². The minimum absolute atomic E-state index is 0.272. The van der Waals surface area contributed by atoms with Crippen molar-refractivity contribution in [2.45, 2.75) is 6.04 Å². The van der Waals surface area contributed by atoms with Crippen LogP contribution in [0.4, 0.5) is 0 Å². The number of rotatable bonds is 3. The highest BCUT2D eigenvalue weighted by atomic mass is 16.5. The number of hydrogen-bond acceptors (Lipinski definition) is 4. The second-order valence-corrected chi connectivity index (χ2v) is 4.86. The first-order valence-electron chi connectivity index (χ1n) is 6.75. The summed E-state index contributed by atoms with van der Waals surface area (Å²) in [6, 6.07) is 10.8. The van der Waals surface area contributed by atoms with E-state index in [-0.39, 0.29) is 6.04 Å². The zero-order chi connectivity index (χ0) is 13.1. The summed E-state index contributed by atoms with van der Waals surface area (Å²) in [6.07, 6.45) is 1.82. The number of hydrogen-bond donors (Lipinski definition) is 1. The zero-order valence-corrected chi connectivity index (χ0v) is 11.0. The van der Waals surface area contributed by atoms with Gasteiger partial charge in [-0.05, 0) is 23.8 Å². The molecule has 100 valence electrons. The second-order valence-electron chi connectivity index (χ2n) is 4.86. The first-order valence-corrected chi connectivity index (χ1v) is 6.75. The van der Waals surface area contributed by atoms with Crippen molar-refractivity contribution in [3.63, 3.8) is 0 Å². The minimum Gasteiger partial charge on any atom is -0.379 e. The normalized spacial score (nSPS) is 18.6. The summed E-state index contributed by atoms with van der Waals surface area (Å²) in [7, 11) is 0. The number of pyridine rings is 1. The Morgan fingerprint density at radius 1 is 1.26 bits per heavy atom. The largest absolute Gasteiger partial charge is 0.379 e. The van der Waals surface area contributed by atoms with E-state index in [1.165, 1.54) is 10.9 Å². The van der Waals surface area contributed by atoms with E-state index in [4.69, 9.17) is 10.5 Å². The molecule has 19 heavy (non-hydrogen) atoms. The topological polar surface area (TPSA) is 51.4 Å². The van der Waals surface area contributed by atoms with Gasteiger partial charge in [-0.15, -0.1) is 0 Å². The molecular weight excluding hydrogens is 238 g/mol. The van der Waals surface area contributed by atoms with Crippen molar-refractivity contribution in [1.29, 1.82) is 0 Å². The van der Waals surface area contributed by atoms with Gasteiger partial charge < -0.3 is 10.5 Å². The van der Waals surface area contributed by atoms with Gasteiger partial charge in [0.25, 0.3) is 0 Å². The van der Waals surface area contributed by atoms with Crippen LogP contribution < -0.4 is 5.73 Å². The maximum Gasteiger partial charge on any atom is 0.0702 e. The van der Waals surface area contributed by atoms with Gasteiger partial charge in [-0.3, -0.25) is 9.88 Å². The Morgan fingerprint density at radius 2 is 2.11 bits per heavy atom. The average molecular weight is 257 g/mol. The SMILES string of the molecule is NCC(c1ccc2ncccc2c1)N1CCOCC1. The van der Waals surface area contributed by atoms with Gasteiger partial charge in [-0.1, -0.05) is 12.1 Å². The van der Waals surface area contributed by atoms with Crippen molar-refractivity contribution in [2.75, 3.05) is 32.8 Å². The third-order valence-electron chi connectivity index (χ3n) is 3.72. The fourth-order valence-corrected chi connectivity index (χ4v) is 2.69. The zero-order valence-electron chi connectivity index (χ0n) is 11.0. The molecule has 1 aromatic heterocycles. The standard InChI is InChI=1S/C15H19N3O/c16-11-15(18-6-8-19-9-7-18)13-3-4-14-12(10-13)2-1-5-17-14/h1-5,10,15H,6-9,11,16H2. The molecule has 1 unspecified atom stereocenters. The monoisotopic (exact) mass is 257 g/mol. The van der Waals surface area contributed by atoms with Crippen LogP contribution >= 0.6 is 0 Å². The molecule has 1 saturated heterocycles. The van der Waals surface area contributed by atoms with Crippen LogP contribution in [0.15, 0.2) is 36.5 Å². The maximum absolute atomic E-state index is 5.98. The fourth-order valence-electron chi connectivity index (χ4n) is 2.69. The summed E-state index contributed by atoms with van der Waals surface area (Å²) in [4.78, 5) is 6.76. The Hall–Kier alpha value is -1.49. The number of nitrogens with two attached hydrogens (primary N) is 1. The lowest BCUT2D eigenvalue weighted by Crippen LogP contribution is -2.41. The molecule has 0 spiro atoms. The van der Waals surface area contributed by atoms with Gasteiger partial charge in [-0.25, -0.2) is 0 Å². The predicted molar refractivity (Wildman–Crippen MR) is 75.9 cm³/mol. The predicted octanol–water partition coefficient (Wildman–Crippen LogP) is 1.57. The Balaban J connectivity index is 1.91. The number of fused-ring (bicyclic) bond motifs is 1. The lowest BCUT2D eigenvalue weighted by atomic mass is 10.0. The highest BCUT2D eigenvalue weighted by Crippen LogP contribution is 2.24. The Labute approximate surface area is 113 Å². The first-order chi connectivity index (χ1) is 9.38. The van der Waals surface area contributed by atoms with E-state index in [0.29, 0.717) is 6.54 Å². The van der Waals surface area contributed by atoms with Crippen molar-refractivity contribution < 1.29 is 4.74 Å². The van der Waals surface area contributed by atoms with Crippen LogP contribution in [0.1, 0.15) is 11.6 Å². The van der Waals surface area contributed by atoms with Gasteiger partial charge in [0.15, 0.2) is 0 Å². The number of ether oxygens (including phenoxy) is 1. The average Bonchev–Trinajstić information content (AvgIpc) is 2.49. The van der Waals surface area contributed by atoms with Crippen LogP contribution in [-0.2, 0) is 4.74 Å². The van der Waals surface area contributed by atoms with Crippen LogP contribution in [0, 0.1) is 0 Å². The molecule has 2 N–H and O–H groups in total. The van der Waals surface area contributed by atoms with Crippen LogP contribution in [-0.4, -0.2) is 42.7 Å². The third-order valence-corrected chi connectivity index (χ3v) is 3.72. The van der Waals surface area contributed by atoms with Gasteiger partial charge in [0.1, 0.15) is 0 Å². The second kappa shape index (κ2) is 5.65. The van der Waals surface area contributed by atoms with Crippen LogP contribution in [0.5, 0.6) is 0 Å². The maximum atomic E-state index is 5.98. The summed E-state index contributed by atoms with van der Waals surface area (Å²) in [5.41, 5.74) is 8.28. The van der Waals surface area contributed by atoms with Gasteiger partial charge in [0, 0.05) is 37.3 Å². The molecule has 2 heterocycles. The molecule has 0 saturated carbocycles. The molecule has 0 amide bonds. The van der Waals surface area contributed by atoms with E-state index < -0.39 is 0 Å². The van der Waals surface area contributed by atoms with Crippen molar-refractivity contribution >= 4 is 10.9 Å². The quantitative estimate of drug-likeness (QED) is 0.906. The van der Waals surface area contributed by atoms with E-state index in [0.717, 1.165) is 31.8 Å². The molecule has 0 radical (unpaired) electrons. The Morgan fingerprint density at radius 3 is 2.89 bits per heavy atom. The van der Waals surface area contributed by atoms with Gasteiger partial charge in [-0.2, -0.15) is 0 Å². The third kappa shape index (κ3) is 2.61. The smallest absolute Gasteiger partial charge is 0.0702 e.